The average molecular weight is 383 g/mol. The molecule has 1 aromatic heterocycles. The van der Waals surface area contributed by atoms with E-state index in [-0.39, 0.29) is 12.1 Å². The number of hydrogen-bond donors (Lipinski definition) is 0. The van der Waals surface area contributed by atoms with E-state index in [1.807, 2.05) is 0 Å². The van der Waals surface area contributed by atoms with Crippen LogP contribution in [0.4, 0.5) is 22.0 Å². The van der Waals surface area contributed by atoms with Crippen LogP contribution in [0.5, 0.6) is 0 Å². The number of benzene rings is 1. The van der Waals surface area contributed by atoms with Gasteiger partial charge in [0.25, 0.3) is 0 Å². The highest BCUT2D eigenvalue weighted by molar-refractivity contribution is 5.20. The van der Waals surface area contributed by atoms with Crippen molar-refractivity contribution in [2.45, 2.75) is 37.8 Å². The van der Waals surface area contributed by atoms with Gasteiger partial charge in [0.15, 0.2) is 0 Å². The maximum atomic E-state index is 13.4. The lowest BCUT2D eigenvalue weighted by Gasteiger charge is -2.34. The van der Waals surface area contributed by atoms with E-state index in [0.29, 0.717) is 18.7 Å². The molecule has 0 N–H and O–H groups in total. The van der Waals surface area contributed by atoms with Crippen molar-refractivity contribution in [3.8, 4) is 0 Å². The summed E-state index contributed by atoms with van der Waals surface area (Å²) in [6.07, 6.45) is -2.20. The zero-order chi connectivity index (χ0) is 19.2. The van der Waals surface area contributed by atoms with Crippen molar-refractivity contribution < 1.29 is 22.0 Å². The first-order valence-corrected chi connectivity index (χ1v) is 8.73. The van der Waals surface area contributed by atoms with Crippen LogP contribution in [0.25, 0.3) is 0 Å². The van der Waals surface area contributed by atoms with Crippen LogP contribution >= 0.6 is 0 Å². The second kappa shape index (κ2) is 6.83. The van der Waals surface area contributed by atoms with E-state index in [9.17, 15) is 22.0 Å². The summed E-state index contributed by atoms with van der Waals surface area (Å²) in [5, 5.41) is 0. The van der Waals surface area contributed by atoms with Gasteiger partial charge in [0.1, 0.15) is 17.3 Å². The van der Waals surface area contributed by atoms with Crippen molar-refractivity contribution in [3.63, 3.8) is 0 Å². The van der Waals surface area contributed by atoms with Gasteiger partial charge in [-0.15, -0.1) is 0 Å². The van der Waals surface area contributed by atoms with E-state index >= 15 is 0 Å². The molecule has 2 fully saturated rings. The third kappa shape index (κ3) is 3.96. The normalized spacial score (nSPS) is 23.3. The number of piperazine rings is 1. The number of halogens is 5. The minimum absolute atomic E-state index is 0.281. The van der Waals surface area contributed by atoms with Gasteiger partial charge in [0, 0.05) is 50.5 Å². The van der Waals surface area contributed by atoms with Crippen molar-refractivity contribution in [3.05, 3.63) is 65.0 Å². The fraction of sp³-hybridized carbons (Fsp3) is 0.421. The van der Waals surface area contributed by atoms with Gasteiger partial charge in [0.2, 0.25) is 0 Å². The molecule has 2 saturated heterocycles. The van der Waals surface area contributed by atoms with Gasteiger partial charge in [-0.25, -0.2) is 8.78 Å². The van der Waals surface area contributed by atoms with Crippen molar-refractivity contribution >= 4 is 0 Å². The zero-order valence-corrected chi connectivity index (χ0v) is 14.4. The van der Waals surface area contributed by atoms with Crippen molar-refractivity contribution in [1.29, 1.82) is 0 Å². The predicted octanol–water partition coefficient (Wildman–Crippen LogP) is 3.84. The summed E-state index contributed by atoms with van der Waals surface area (Å²) in [5.41, 5.74) is 0.468. The number of nitrogens with zero attached hydrogens (tertiary/aromatic N) is 3. The minimum atomic E-state index is -4.43. The topological polar surface area (TPSA) is 19.4 Å². The molecular weight excluding hydrogens is 365 g/mol. The van der Waals surface area contributed by atoms with Crippen LogP contribution in [0.1, 0.15) is 23.2 Å². The first kappa shape index (κ1) is 18.3. The lowest BCUT2D eigenvalue weighted by molar-refractivity contribution is -0.141. The Hall–Kier alpha value is -2.06. The van der Waals surface area contributed by atoms with Gasteiger partial charge in [0.05, 0.1) is 0 Å². The van der Waals surface area contributed by atoms with E-state index in [4.69, 9.17) is 0 Å². The number of hydrogen-bond acceptors (Lipinski definition) is 3. The Bertz CT molecular complexity index is 801. The molecule has 144 valence electrons. The summed E-state index contributed by atoms with van der Waals surface area (Å²) in [6, 6.07) is 6.60. The third-order valence-corrected chi connectivity index (χ3v) is 5.28. The third-order valence-electron chi connectivity index (χ3n) is 5.28. The van der Waals surface area contributed by atoms with Crippen LogP contribution in [-0.2, 0) is 19.3 Å². The molecule has 4 rings (SSSR count). The van der Waals surface area contributed by atoms with Crippen molar-refractivity contribution in [1.82, 2.24) is 14.8 Å². The Morgan fingerprint density at radius 3 is 1.96 bits per heavy atom. The van der Waals surface area contributed by atoms with E-state index in [1.54, 1.807) is 0 Å². The molecule has 3 heterocycles. The van der Waals surface area contributed by atoms with E-state index in [2.05, 4.69) is 14.8 Å². The molecule has 0 radical (unpaired) electrons. The maximum absolute atomic E-state index is 13.4. The van der Waals surface area contributed by atoms with Crippen LogP contribution in [0, 0.1) is 11.6 Å². The molecular formula is C19H18F5N3. The fourth-order valence-electron chi connectivity index (χ4n) is 4.08. The predicted molar refractivity (Wildman–Crippen MR) is 88.6 cm³/mol. The van der Waals surface area contributed by atoms with E-state index in [1.165, 1.54) is 24.4 Å². The fourth-order valence-corrected chi connectivity index (χ4v) is 4.08. The summed E-state index contributed by atoms with van der Waals surface area (Å²) < 4.78 is 64.5. The molecule has 2 aromatic rings. The molecule has 0 aliphatic carbocycles. The summed E-state index contributed by atoms with van der Waals surface area (Å²) in [5.74, 6) is -1.16. The highest BCUT2D eigenvalue weighted by Gasteiger charge is 2.42. The Labute approximate surface area is 153 Å². The van der Waals surface area contributed by atoms with Gasteiger partial charge in [-0.05, 0) is 35.7 Å². The first-order valence-electron chi connectivity index (χ1n) is 8.73. The lowest BCUT2D eigenvalue weighted by Crippen LogP contribution is -2.45. The van der Waals surface area contributed by atoms with Crippen molar-refractivity contribution in [2.24, 2.45) is 0 Å². The number of likely N-dealkylation sites (tertiary alicyclic amines) is 2. The Morgan fingerprint density at radius 2 is 1.48 bits per heavy atom. The van der Waals surface area contributed by atoms with E-state index < -0.39 is 23.5 Å². The Kier molecular flexibility index (Phi) is 4.63. The van der Waals surface area contributed by atoms with Gasteiger partial charge in [-0.3, -0.25) is 14.8 Å². The molecule has 2 aliphatic heterocycles. The van der Waals surface area contributed by atoms with Crippen LogP contribution < -0.4 is 0 Å². The number of alkyl halides is 3. The smallest absolute Gasteiger partial charge is 0.293 e. The standard InChI is InChI=1S/C19H18F5N3/c20-14-3-13(4-15(21)5-14)9-27-11-16-6-17(27)10-26(16)8-12-1-2-18(25-7-12)19(22,23)24/h1-5,7,16-17H,6,8-11H2. The van der Waals surface area contributed by atoms with Crippen molar-refractivity contribution in [2.75, 3.05) is 13.1 Å². The Balaban J connectivity index is 1.36. The number of pyridine rings is 1. The van der Waals surface area contributed by atoms with Crippen LogP contribution in [0.3, 0.4) is 0 Å². The van der Waals surface area contributed by atoms with Gasteiger partial charge < -0.3 is 0 Å². The molecule has 8 heteroatoms. The summed E-state index contributed by atoms with van der Waals surface area (Å²) >= 11 is 0. The number of fused-ring (bicyclic) bond motifs is 2. The summed E-state index contributed by atoms with van der Waals surface area (Å²) in [4.78, 5) is 7.95. The monoisotopic (exact) mass is 383 g/mol. The molecule has 1 aromatic carbocycles. The quantitative estimate of drug-likeness (QED) is 0.748. The second-order valence-electron chi connectivity index (χ2n) is 7.23. The molecule has 2 atom stereocenters. The highest BCUT2D eigenvalue weighted by Crippen LogP contribution is 2.33. The molecule has 3 nitrogen and oxygen atoms in total. The van der Waals surface area contributed by atoms with Crippen LogP contribution in [0.2, 0.25) is 0 Å². The summed E-state index contributed by atoms with van der Waals surface area (Å²) in [7, 11) is 0. The maximum Gasteiger partial charge on any atom is 0.433 e. The van der Waals surface area contributed by atoms with E-state index in [0.717, 1.165) is 37.2 Å². The molecule has 2 bridgehead atoms. The van der Waals surface area contributed by atoms with Crippen LogP contribution in [0.15, 0.2) is 36.5 Å². The van der Waals surface area contributed by atoms with Crippen LogP contribution in [-0.4, -0.2) is 40.0 Å². The SMILES string of the molecule is Fc1cc(F)cc(CN2CC3CC2CN3Cc2ccc(C(F)(F)F)nc2)c1. The molecule has 0 spiro atoms. The second-order valence-corrected chi connectivity index (χ2v) is 7.23. The molecule has 2 aliphatic rings. The number of rotatable bonds is 4. The minimum Gasteiger partial charge on any atom is -0.293 e. The van der Waals surface area contributed by atoms with Gasteiger partial charge in [-0.1, -0.05) is 6.07 Å². The number of aromatic nitrogens is 1. The van der Waals surface area contributed by atoms with Gasteiger partial charge in [-0.2, -0.15) is 13.2 Å². The zero-order valence-electron chi connectivity index (χ0n) is 14.4. The molecule has 0 amide bonds. The Morgan fingerprint density at radius 1 is 0.889 bits per heavy atom. The lowest BCUT2D eigenvalue weighted by atomic mass is 10.1. The highest BCUT2D eigenvalue weighted by atomic mass is 19.4. The van der Waals surface area contributed by atoms with Gasteiger partial charge >= 0.3 is 6.18 Å². The average Bonchev–Trinajstić information content (AvgIpc) is 3.13. The molecule has 0 saturated carbocycles. The first-order chi connectivity index (χ1) is 12.8. The molecule has 2 unspecified atom stereocenters. The summed E-state index contributed by atoms with van der Waals surface area (Å²) in [6.45, 7) is 2.60. The molecule has 27 heavy (non-hydrogen) atoms. The largest absolute Gasteiger partial charge is 0.433 e.